The van der Waals surface area contributed by atoms with Gasteiger partial charge in [-0.25, -0.2) is 9.97 Å². The van der Waals surface area contributed by atoms with Crippen molar-refractivity contribution in [1.82, 2.24) is 9.97 Å². The fraction of sp³-hybridized carbons (Fsp3) is 0.167. The monoisotopic (exact) mass is 465 g/mol. The molecule has 7 nitrogen and oxygen atoms in total. The predicted octanol–water partition coefficient (Wildman–Crippen LogP) is 2.74. The van der Waals surface area contributed by atoms with Gasteiger partial charge in [0.1, 0.15) is 0 Å². The topological polar surface area (TPSA) is 139 Å². The van der Waals surface area contributed by atoms with E-state index >= 15 is 0 Å². The molecular formula is C24H18F3N5O2. The van der Waals surface area contributed by atoms with Crippen LogP contribution in [0.4, 0.5) is 19.0 Å². The third kappa shape index (κ3) is 4.68. The maximum atomic E-state index is 13.5. The number of aryl methyl sites for hydroxylation is 1. The van der Waals surface area contributed by atoms with Crippen molar-refractivity contribution in [1.29, 1.82) is 5.26 Å². The normalized spacial score (nSPS) is 12.7. The Hall–Kier alpha value is -4.41. The number of carbonyl (C=O) groups excluding carboxylic acids is 1. The number of primary amides is 1. The quantitative estimate of drug-likeness (QED) is 0.507. The molecule has 34 heavy (non-hydrogen) atoms. The smallest absolute Gasteiger partial charge is 0.381 e. The number of hydrogen-bond acceptors (Lipinski definition) is 6. The number of hydrogen-bond donors (Lipinski definition) is 3. The minimum atomic E-state index is -5.34. The highest BCUT2D eigenvalue weighted by Crippen LogP contribution is 2.40. The van der Waals surface area contributed by atoms with Crippen molar-refractivity contribution < 1.29 is 23.1 Å². The maximum absolute atomic E-state index is 13.5. The van der Waals surface area contributed by atoms with Gasteiger partial charge >= 0.3 is 6.18 Å². The summed E-state index contributed by atoms with van der Waals surface area (Å²) in [4.78, 5) is 19.9. The lowest BCUT2D eigenvalue weighted by molar-refractivity contribution is -0.255. The molecule has 3 aromatic rings. The van der Waals surface area contributed by atoms with Crippen LogP contribution in [0.25, 0.3) is 11.3 Å². The summed E-state index contributed by atoms with van der Waals surface area (Å²) in [5.41, 5.74) is 8.50. The number of halogens is 3. The van der Waals surface area contributed by atoms with Gasteiger partial charge in [-0.3, -0.25) is 4.79 Å². The van der Waals surface area contributed by atoms with Gasteiger partial charge in [-0.15, -0.1) is 0 Å². The zero-order valence-electron chi connectivity index (χ0n) is 17.8. The van der Waals surface area contributed by atoms with E-state index in [1.807, 2.05) is 6.07 Å². The Kier molecular flexibility index (Phi) is 6.57. The molecule has 0 saturated heterocycles. The molecule has 0 aliphatic carbocycles. The van der Waals surface area contributed by atoms with E-state index in [1.165, 1.54) is 12.3 Å². The van der Waals surface area contributed by atoms with Crippen LogP contribution < -0.4 is 11.5 Å². The van der Waals surface area contributed by atoms with Crippen molar-refractivity contribution in [3.05, 3.63) is 76.6 Å². The van der Waals surface area contributed by atoms with E-state index in [2.05, 4.69) is 21.8 Å². The van der Waals surface area contributed by atoms with Crippen LogP contribution in [0.5, 0.6) is 0 Å². The Bertz CT molecular complexity index is 1350. The van der Waals surface area contributed by atoms with Crippen LogP contribution in [0.3, 0.4) is 0 Å². The van der Waals surface area contributed by atoms with Crippen molar-refractivity contribution >= 4 is 11.7 Å². The fourth-order valence-corrected chi connectivity index (χ4v) is 3.12. The first-order chi connectivity index (χ1) is 16.0. The number of nitrogens with two attached hydrogens (primary N) is 2. The first-order valence-electron chi connectivity index (χ1n) is 9.78. The van der Waals surface area contributed by atoms with Crippen molar-refractivity contribution in [2.45, 2.75) is 25.1 Å². The Morgan fingerprint density at radius 1 is 1.15 bits per heavy atom. The highest BCUT2D eigenvalue weighted by molar-refractivity contribution is 5.86. The molecule has 0 saturated carbocycles. The number of anilines is 1. The molecule has 3 rings (SSSR count). The predicted molar refractivity (Wildman–Crippen MR) is 118 cm³/mol. The molecule has 0 aliphatic heterocycles. The fourth-order valence-electron chi connectivity index (χ4n) is 3.12. The van der Waals surface area contributed by atoms with Gasteiger partial charge in [0.2, 0.25) is 0 Å². The van der Waals surface area contributed by atoms with Crippen LogP contribution in [-0.2, 0) is 16.8 Å². The number of benzene rings is 2. The van der Waals surface area contributed by atoms with Gasteiger partial charge < -0.3 is 16.6 Å². The van der Waals surface area contributed by atoms with Crippen LogP contribution in [0, 0.1) is 30.1 Å². The molecule has 5 N–H and O–H groups in total. The second kappa shape index (κ2) is 9.22. The number of nitrogen functional groups attached to an aromatic ring is 1. The van der Waals surface area contributed by atoms with Gasteiger partial charge in [0.25, 0.3) is 11.5 Å². The molecule has 1 heterocycles. The van der Waals surface area contributed by atoms with Crippen LogP contribution >= 0.6 is 0 Å². The van der Waals surface area contributed by atoms with Gasteiger partial charge in [0.05, 0.1) is 24.4 Å². The second-order valence-corrected chi connectivity index (χ2v) is 7.37. The van der Waals surface area contributed by atoms with Crippen molar-refractivity contribution in [3.63, 3.8) is 0 Å². The summed E-state index contributed by atoms with van der Waals surface area (Å²) in [7, 11) is 0. The minimum Gasteiger partial charge on any atom is -0.381 e. The average Bonchev–Trinajstić information content (AvgIpc) is 2.78. The van der Waals surface area contributed by atoms with Crippen LogP contribution in [0.15, 0.2) is 48.7 Å². The summed E-state index contributed by atoms with van der Waals surface area (Å²) in [6, 6.07) is 12.3. The molecule has 172 valence electrons. The van der Waals surface area contributed by atoms with Crippen molar-refractivity contribution in [3.8, 4) is 29.2 Å². The van der Waals surface area contributed by atoms with Crippen LogP contribution in [0.2, 0.25) is 0 Å². The number of alkyl halides is 3. The Morgan fingerprint density at radius 3 is 2.41 bits per heavy atom. The number of rotatable bonds is 4. The van der Waals surface area contributed by atoms with Crippen molar-refractivity contribution in [2.75, 3.05) is 5.73 Å². The van der Waals surface area contributed by atoms with Gasteiger partial charge in [-0.05, 0) is 42.2 Å². The Balaban J connectivity index is 2.05. The molecule has 1 aromatic heterocycles. The first kappa shape index (κ1) is 24.2. The largest absolute Gasteiger partial charge is 0.430 e. The summed E-state index contributed by atoms with van der Waals surface area (Å²) in [5, 5.41) is 18.9. The molecule has 0 bridgehead atoms. The number of aromatic nitrogens is 2. The lowest BCUT2D eigenvalue weighted by atomic mass is 9.89. The maximum Gasteiger partial charge on any atom is 0.430 e. The van der Waals surface area contributed by atoms with Crippen LogP contribution in [-0.4, -0.2) is 27.2 Å². The lowest BCUT2D eigenvalue weighted by Crippen LogP contribution is -2.52. The summed E-state index contributed by atoms with van der Waals surface area (Å²) in [6.45, 7) is 1.61. The highest BCUT2D eigenvalue weighted by Gasteiger charge is 2.60. The third-order valence-corrected chi connectivity index (χ3v) is 5.06. The summed E-state index contributed by atoms with van der Waals surface area (Å²) < 4.78 is 40.5. The van der Waals surface area contributed by atoms with E-state index in [0.717, 1.165) is 17.7 Å². The average molecular weight is 465 g/mol. The van der Waals surface area contributed by atoms with E-state index in [-0.39, 0.29) is 29.2 Å². The zero-order valence-corrected chi connectivity index (χ0v) is 17.8. The number of nitrogens with zero attached hydrogens (tertiary/aromatic N) is 3. The lowest BCUT2D eigenvalue weighted by Gasteiger charge is -2.28. The number of carbonyl (C=O) groups is 1. The van der Waals surface area contributed by atoms with Gasteiger partial charge in [-0.1, -0.05) is 30.2 Å². The summed E-state index contributed by atoms with van der Waals surface area (Å²) >= 11 is 0. The number of nitriles is 1. The molecule has 0 fully saturated rings. The Morgan fingerprint density at radius 2 is 1.82 bits per heavy atom. The van der Waals surface area contributed by atoms with E-state index in [9.17, 15) is 23.1 Å². The molecule has 1 amide bonds. The van der Waals surface area contributed by atoms with Gasteiger partial charge in [0.15, 0.2) is 11.5 Å². The minimum absolute atomic E-state index is 0.00934. The SMILES string of the molecule is Cc1ccc(C(O)(C(N)=O)C(F)(F)F)cc1-c1cnc(N)c(C#Cc2ccc(CC#N)cc2)n1. The van der Waals surface area contributed by atoms with Crippen molar-refractivity contribution in [2.24, 2.45) is 5.73 Å². The molecule has 0 radical (unpaired) electrons. The standard InChI is InChI=1S/C24H18F3N5O2/c1-14-2-8-17(23(34,22(30)33)24(25,26)27)12-18(14)20-13-31-21(29)19(32-20)9-7-15-3-5-16(6-4-15)10-11-28/h2-6,8,12-13,34H,10H2,1H3,(H2,29,31)(H2,30,33). The van der Waals surface area contributed by atoms with Crippen LogP contribution in [0.1, 0.15) is 27.9 Å². The zero-order chi connectivity index (χ0) is 25.1. The number of amides is 1. The molecule has 0 aliphatic rings. The van der Waals surface area contributed by atoms with E-state index in [0.29, 0.717) is 11.1 Å². The molecule has 1 unspecified atom stereocenters. The molecule has 10 heteroatoms. The van der Waals surface area contributed by atoms with E-state index < -0.39 is 23.2 Å². The first-order valence-corrected chi connectivity index (χ1v) is 9.78. The van der Waals surface area contributed by atoms with E-state index in [4.69, 9.17) is 16.7 Å². The van der Waals surface area contributed by atoms with Gasteiger partial charge in [-0.2, -0.15) is 18.4 Å². The molecule has 1 atom stereocenters. The third-order valence-electron chi connectivity index (χ3n) is 5.06. The number of aliphatic hydroxyl groups is 1. The molecular weight excluding hydrogens is 447 g/mol. The Labute approximate surface area is 192 Å². The second-order valence-electron chi connectivity index (χ2n) is 7.37. The van der Waals surface area contributed by atoms with Gasteiger partial charge in [0, 0.05) is 16.7 Å². The van der Waals surface area contributed by atoms with E-state index in [1.54, 1.807) is 31.2 Å². The summed E-state index contributed by atoms with van der Waals surface area (Å²) in [6.07, 6.45) is -3.82. The molecule has 0 spiro atoms. The summed E-state index contributed by atoms with van der Waals surface area (Å²) in [5.74, 6) is 3.71. The molecule has 2 aromatic carbocycles. The highest BCUT2D eigenvalue weighted by atomic mass is 19.4.